The van der Waals surface area contributed by atoms with Crippen LogP contribution in [0.15, 0.2) is 47.5 Å². The zero-order valence-corrected chi connectivity index (χ0v) is 20.8. The molecule has 160 valence electrons. The lowest BCUT2D eigenvalue weighted by molar-refractivity contribution is 0.402. The number of rotatable bonds is 9. The summed E-state index contributed by atoms with van der Waals surface area (Å²) >= 11 is 1.69. The van der Waals surface area contributed by atoms with Gasteiger partial charge in [0.05, 0.1) is 6.54 Å². The minimum absolute atomic E-state index is 0. The molecule has 0 atom stereocenters. The minimum atomic E-state index is -0.189. The van der Waals surface area contributed by atoms with E-state index in [9.17, 15) is 4.39 Å². The highest BCUT2D eigenvalue weighted by atomic mass is 127. The van der Waals surface area contributed by atoms with Gasteiger partial charge in [-0.05, 0) is 61.7 Å². The first kappa shape index (κ1) is 25.7. The third kappa shape index (κ3) is 9.35. The maximum Gasteiger partial charge on any atom is 0.191 e. The molecule has 4 nitrogen and oxygen atoms in total. The summed E-state index contributed by atoms with van der Waals surface area (Å²) in [7, 11) is 4.14. The summed E-state index contributed by atoms with van der Waals surface area (Å²) in [5.41, 5.74) is 4.58. The molecular formula is C22H32FIN4S. The van der Waals surface area contributed by atoms with E-state index >= 15 is 0 Å². The van der Waals surface area contributed by atoms with Crippen molar-refractivity contribution in [2.24, 2.45) is 4.99 Å². The average Bonchev–Trinajstić information content (AvgIpc) is 2.66. The van der Waals surface area contributed by atoms with E-state index in [1.165, 1.54) is 17.2 Å². The van der Waals surface area contributed by atoms with Crippen LogP contribution in [0.1, 0.15) is 29.2 Å². The predicted molar refractivity (Wildman–Crippen MR) is 135 cm³/mol. The lowest BCUT2D eigenvalue weighted by Gasteiger charge is -2.14. The van der Waals surface area contributed by atoms with Crippen molar-refractivity contribution in [1.29, 1.82) is 0 Å². The third-order valence-corrected chi connectivity index (χ3v) is 4.80. The SMILES string of the molecule is CCNC(=NCc1ccc(CN(C)C)cc1)NCc1ccc(F)cc1CSC.I. The van der Waals surface area contributed by atoms with Gasteiger partial charge in [0.2, 0.25) is 0 Å². The van der Waals surface area contributed by atoms with Gasteiger partial charge in [0.15, 0.2) is 5.96 Å². The summed E-state index contributed by atoms with van der Waals surface area (Å²) in [6.07, 6.45) is 2.03. The molecule has 0 unspecified atom stereocenters. The second kappa shape index (κ2) is 13.8. The van der Waals surface area contributed by atoms with Gasteiger partial charge >= 0.3 is 0 Å². The van der Waals surface area contributed by atoms with Gasteiger partial charge in [-0.15, -0.1) is 24.0 Å². The molecule has 0 aromatic heterocycles. The maximum absolute atomic E-state index is 13.5. The van der Waals surface area contributed by atoms with E-state index in [2.05, 4.69) is 58.9 Å². The number of guanidine groups is 1. The fourth-order valence-electron chi connectivity index (χ4n) is 2.86. The number of hydrogen-bond donors (Lipinski definition) is 2. The Morgan fingerprint density at radius 1 is 1.03 bits per heavy atom. The van der Waals surface area contributed by atoms with Crippen LogP contribution >= 0.6 is 35.7 Å². The molecule has 0 heterocycles. The number of halogens is 2. The van der Waals surface area contributed by atoms with Crippen molar-refractivity contribution in [3.8, 4) is 0 Å². The van der Waals surface area contributed by atoms with Crippen LogP contribution < -0.4 is 10.6 Å². The number of thioether (sulfide) groups is 1. The van der Waals surface area contributed by atoms with Gasteiger partial charge in [-0.2, -0.15) is 11.8 Å². The lowest BCUT2D eigenvalue weighted by Crippen LogP contribution is -2.37. The Kier molecular flexibility index (Phi) is 12.3. The highest BCUT2D eigenvalue weighted by Crippen LogP contribution is 2.16. The molecule has 7 heteroatoms. The van der Waals surface area contributed by atoms with Crippen LogP contribution in [0.25, 0.3) is 0 Å². The average molecular weight is 530 g/mol. The number of nitrogens with one attached hydrogen (secondary N) is 2. The van der Waals surface area contributed by atoms with Crippen molar-refractivity contribution >= 4 is 41.7 Å². The molecule has 2 N–H and O–H groups in total. The number of hydrogen-bond acceptors (Lipinski definition) is 3. The molecule has 0 amide bonds. The maximum atomic E-state index is 13.5. The normalized spacial score (nSPS) is 11.3. The Labute approximate surface area is 195 Å². The molecule has 2 aromatic rings. The summed E-state index contributed by atoms with van der Waals surface area (Å²) in [6, 6.07) is 13.5. The van der Waals surface area contributed by atoms with E-state index in [0.29, 0.717) is 13.1 Å². The van der Waals surface area contributed by atoms with Crippen molar-refractivity contribution in [3.05, 3.63) is 70.5 Å². The summed E-state index contributed by atoms with van der Waals surface area (Å²) in [5, 5.41) is 6.64. The molecule has 2 rings (SSSR count). The topological polar surface area (TPSA) is 39.7 Å². The number of benzene rings is 2. The van der Waals surface area contributed by atoms with Crippen LogP contribution in [-0.2, 0) is 25.4 Å². The van der Waals surface area contributed by atoms with Crippen molar-refractivity contribution in [2.75, 3.05) is 26.9 Å². The standard InChI is InChI=1S/C22H31FN4S.HI/c1-5-24-22(25-13-17-6-8-18(9-7-17)15-27(2)3)26-14-19-10-11-21(23)12-20(19)16-28-4;/h6-12H,5,13-16H2,1-4H3,(H2,24,25,26);1H. The van der Waals surface area contributed by atoms with E-state index < -0.39 is 0 Å². The largest absolute Gasteiger partial charge is 0.357 e. The molecule has 0 bridgehead atoms. The molecule has 0 radical (unpaired) electrons. The van der Waals surface area contributed by atoms with Gasteiger partial charge in [-0.3, -0.25) is 0 Å². The van der Waals surface area contributed by atoms with Gasteiger partial charge in [-0.25, -0.2) is 9.38 Å². The highest BCUT2D eigenvalue weighted by Gasteiger charge is 2.06. The Balaban J connectivity index is 0.00000420. The van der Waals surface area contributed by atoms with Crippen LogP contribution in [0.4, 0.5) is 4.39 Å². The van der Waals surface area contributed by atoms with Crippen LogP contribution in [0.5, 0.6) is 0 Å². The molecule has 0 fully saturated rings. The van der Waals surface area contributed by atoms with Gasteiger partial charge in [0.25, 0.3) is 0 Å². The predicted octanol–water partition coefficient (Wildman–Crippen LogP) is 4.62. The van der Waals surface area contributed by atoms with Crippen molar-refractivity contribution < 1.29 is 4.39 Å². The second-order valence-electron chi connectivity index (χ2n) is 6.95. The van der Waals surface area contributed by atoms with E-state index in [-0.39, 0.29) is 29.8 Å². The second-order valence-corrected chi connectivity index (χ2v) is 7.82. The monoisotopic (exact) mass is 530 g/mol. The van der Waals surface area contributed by atoms with Crippen molar-refractivity contribution in [3.63, 3.8) is 0 Å². The molecular weight excluding hydrogens is 498 g/mol. The molecule has 0 aliphatic carbocycles. The summed E-state index contributed by atoms with van der Waals surface area (Å²) < 4.78 is 13.5. The molecule has 0 spiro atoms. The first-order chi connectivity index (χ1) is 13.5. The van der Waals surface area contributed by atoms with Crippen molar-refractivity contribution in [2.45, 2.75) is 32.3 Å². The summed E-state index contributed by atoms with van der Waals surface area (Å²) in [5.74, 6) is 1.37. The third-order valence-electron chi connectivity index (χ3n) is 4.20. The minimum Gasteiger partial charge on any atom is -0.357 e. The van der Waals surface area contributed by atoms with E-state index in [4.69, 9.17) is 0 Å². The molecule has 29 heavy (non-hydrogen) atoms. The van der Waals surface area contributed by atoms with Crippen LogP contribution in [-0.4, -0.2) is 37.8 Å². The Hall–Kier alpha value is -1.32. The van der Waals surface area contributed by atoms with Crippen LogP contribution in [0.2, 0.25) is 0 Å². The Morgan fingerprint density at radius 2 is 1.72 bits per heavy atom. The fraction of sp³-hybridized carbons (Fsp3) is 0.409. The first-order valence-corrected chi connectivity index (χ1v) is 10.9. The van der Waals surface area contributed by atoms with E-state index in [1.807, 2.05) is 19.2 Å². The fourth-order valence-corrected chi connectivity index (χ4v) is 3.44. The first-order valence-electron chi connectivity index (χ1n) is 9.52. The quantitative estimate of drug-likeness (QED) is 0.282. The highest BCUT2D eigenvalue weighted by molar-refractivity contribution is 14.0. The van der Waals surface area contributed by atoms with Gasteiger partial charge in [0.1, 0.15) is 5.82 Å². The number of aliphatic imine (C=N–C) groups is 1. The van der Waals surface area contributed by atoms with Gasteiger partial charge < -0.3 is 15.5 Å². The molecule has 0 saturated heterocycles. The summed E-state index contributed by atoms with van der Waals surface area (Å²) in [6.45, 7) is 4.99. The van der Waals surface area contributed by atoms with Gasteiger partial charge in [-0.1, -0.05) is 30.3 Å². The molecule has 0 aliphatic rings. The van der Waals surface area contributed by atoms with Crippen molar-refractivity contribution in [1.82, 2.24) is 15.5 Å². The molecule has 2 aromatic carbocycles. The van der Waals surface area contributed by atoms with Gasteiger partial charge in [0, 0.05) is 25.4 Å². The van der Waals surface area contributed by atoms with E-state index in [0.717, 1.165) is 35.9 Å². The zero-order valence-electron chi connectivity index (χ0n) is 17.7. The van der Waals surface area contributed by atoms with E-state index in [1.54, 1.807) is 17.8 Å². The molecule has 0 saturated carbocycles. The lowest BCUT2D eigenvalue weighted by atomic mass is 10.1. The van der Waals surface area contributed by atoms with Crippen LogP contribution in [0, 0.1) is 5.82 Å². The zero-order chi connectivity index (χ0) is 20.4. The Morgan fingerprint density at radius 3 is 2.34 bits per heavy atom. The Bertz CT molecular complexity index is 766. The van der Waals surface area contributed by atoms with Crippen LogP contribution in [0.3, 0.4) is 0 Å². The smallest absolute Gasteiger partial charge is 0.191 e. The number of nitrogens with zero attached hydrogens (tertiary/aromatic N) is 2. The molecule has 0 aliphatic heterocycles. The summed E-state index contributed by atoms with van der Waals surface area (Å²) in [4.78, 5) is 6.84.